The van der Waals surface area contributed by atoms with Gasteiger partial charge < -0.3 is 14.8 Å². The first-order valence-corrected chi connectivity index (χ1v) is 6.65. The van der Waals surface area contributed by atoms with Gasteiger partial charge in [0, 0.05) is 12.1 Å². The monoisotopic (exact) mass is 329 g/mol. The lowest BCUT2D eigenvalue weighted by atomic mass is 10.2. The minimum atomic E-state index is -0.367. The number of anilines is 1. The van der Waals surface area contributed by atoms with E-state index in [-0.39, 0.29) is 24.7 Å². The lowest BCUT2D eigenvalue weighted by molar-refractivity contribution is -0.144. The standard InChI is InChI=1S/C13H16BrNO4/c1-3-19-13(17)7-6-12(16)15-9-4-5-11(18-2)10(14)8-9/h4-5,8H,3,6-7H2,1-2H3,(H,15,16). The van der Waals surface area contributed by atoms with Crippen LogP contribution in [0.25, 0.3) is 0 Å². The number of ether oxygens (including phenoxy) is 2. The molecule has 19 heavy (non-hydrogen) atoms. The molecule has 0 aliphatic heterocycles. The highest BCUT2D eigenvalue weighted by atomic mass is 79.9. The maximum Gasteiger partial charge on any atom is 0.306 e. The van der Waals surface area contributed by atoms with Crippen molar-refractivity contribution in [1.29, 1.82) is 0 Å². The Kier molecular flexibility index (Phi) is 6.35. The van der Waals surface area contributed by atoms with E-state index in [4.69, 9.17) is 9.47 Å². The predicted octanol–water partition coefficient (Wildman–Crippen LogP) is 2.74. The molecule has 5 nitrogen and oxygen atoms in total. The van der Waals surface area contributed by atoms with Gasteiger partial charge in [0.25, 0.3) is 0 Å². The van der Waals surface area contributed by atoms with Crippen LogP contribution in [0.2, 0.25) is 0 Å². The van der Waals surface area contributed by atoms with Crippen LogP contribution in [0.5, 0.6) is 5.75 Å². The zero-order chi connectivity index (χ0) is 14.3. The third kappa shape index (κ3) is 5.30. The van der Waals surface area contributed by atoms with Gasteiger partial charge in [0.2, 0.25) is 5.91 Å². The van der Waals surface area contributed by atoms with E-state index >= 15 is 0 Å². The first kappa shape index (κ1) is 15.5. The molecule has 0 aliphatic carbocycles. The molecule has 0 spiro atoms. The second-order valence-electron chi connectivity index (χ2n) is 3.70. The Morgan fingerprint density at radius 3 is 2.63 bits per heavy atom. The molecule has 0 saturated carbocycles. The summed E-state index contributed by atoms with van der Waals surface area (Å²) >= 11 is 3.33. The molecule has 1 amide bonds. The van der Waals surface area contributed by atoms with Crippen molar-refractivity contribution < 1.29 is 19.1 Å². The average molecular weight is 330 g/mol. The average Bonchev–Trinajstić information content (AvgIpc) is 2.37. The van der Waals surface area contributed by atoms with Crippen molar-refractivity contribution in [3.05, 3.63) is 22.7 Å². The van der Waals surface area contributed by atoms with Crippen LogP contribution in [0.3, 0.4) is 0 Å². The molecule has 104 valence electrons. The van der Waals surface area contributed by atoms with Gasteiger partial charge in [0.05, 0.1) is 24.6 Å². The smallest absolute Gasteiger partial charge is 0.306 e. The maximum absolute atomic E-state index is 11.6. The number of esters is 1. The maximum atomic E-state index is 11.6. The number of amides is 1. The van der Waals surface area contributed by atoms with E-state index in [9.17, 15) is 9.59 Å². The summed E-state index contributed by atoms with van der Waals surface area (Å²) in [5.74, 6) is 0.0863. The Morgan fingerprint density at radius 1 is 1.32 bits per heavy atom. The first-order valence-electron chi connectivity index (χ1n) is 5.85. The Balaban J connectivity index is 2.48. The summed E-state index contributed by atoms with van der Waals surface area (Å²) in [7, 11) is 1.57. The largest absolute Gasteiger partial charge is 0.496 e. The van der Waals surface area contributed by atoms with Crippen LogP contribution < -0.4 is 10.1 Å². The summed E-state index contributed by atoms with van der Waals surface area (Å²) < 4.78 is 10.6. The Morgan fingerprint density at radius 2 is 2.05 bits per heavy atom. The SMILES string of the molecule is CCOC(=O)CCC(=O)Nc1ccc(OC)c(Br)c1. The molecular formula is C13H16BrNO4. The van der Waals surface area contributed by atoms with Gasteiger partial charge in [-0.3, -0.25) is 9.59 Å². The number of hydrogen-bond donors (Lipinski definition) is 1. The Hall–Kier alpha value is -1.56. The van der Waals surface area contributed by atoms with Crippen LogP contribution in [0.1, 0.15) is 19.8 Å². The van der Waals surface area contributed by atoms with E-state index in [1.807, 2.05) is 0 Å². The lowest BCUT2D eigenvalue weighted by Crippen LogP contribution is -2.14. The molecule has 0 bridgehead atoms. The number of nitrogens with one attached hydrogen (secondary N) is 1. The Bertz CT molecular complexity index is 462. The lowest BCUT2D eigenvalue weighted by Gasteiger charge is -2.08. The van der Waals surface area contributed by atoms with Crippen molar-refractivity contribution >= 4 is 33.5 Å². The van der Waals surface area contributed by atoms with Crippen molar-refractivity contribution in [2.24, 2.45) is 0 Å². The van der Waals surface area contributed by atoms with Crippen LogP contribution in [-0.4, -0.2) is 25.6 Å². The third-order valence-corrected chi connectivity index (χ3v) is 2.92. The molecule has 0 atom stereocenters. The second-order valence-corrected chi connectivity index (χ2v) is 4.56. The number of halogens is 1. The highest BCUT2D eigenvalue weighted by Gasteiger charge is 2.09. The molecule has 0 saturated heterocycles. The third-order valence-electron chi connectivity index (χ3n) is 2.30. The fourth-order valence-corrected chi connectivity index (χ4v) is 1.96. The van der Waals surface area contributed by atoms with Gasteiger partial charge in [-0.15, -0.1) is 0 Å². The van der Waals surface area contributed by atoms with E-state index < -0.39 is 0 Å². The summed E-state index contributed by atoms with van der Waals surface area (Å²) in [5, 5.41) is 2.70. The predicted molar refractivity (Wildman–Crippen MR) is 75.2 cm³/mol. The summed E-state index contributed by atoms with van der Waals surface area (Å²) in [6.45, 7) is 2.05. The number of carbonyl (C=O) groups is 2. The molecule has 1 N–H and O–H groups in total. The van der Waals surface area contributed by atoms with Crippen LogP contribution in [0, 0.1) is 0 Å². The minimum absolute atomic E-state index is 0.0804. The topological polar surface area (TPSA) is 64.6 Å². The van der Waals surface area contributed by atoms with E-state index in [1.165, 1.54) is 0 Å². The summed E-state index contributed by atoms with van der Waals surface area (Å²) in [6, 6.07) is 5.21. The van der Waals surface area contributed by atoms with Crippen molar-refractivity contribution in [1.82, 2.24) is 0 Å². The minimum Gasteiger partial charge on any atom is -0.496 e. The van der Waals surface area contributed by atoms with Crippen molar-refractivity contribution in [3.63, 3.8) is 0 Å². The van der Waals surface area contributed by atoms with Crippen molar-refractivity contribution in [2.75, 3.05) is 19.0 Å². The normalized spacial score (nSPS) is 9.84. The highest BCUT2D eigenvalue weighted by molar-refractivity contribution is 9.10. The molecule has 1 rings (SSSR count). The molecule has 6 heteroatoms. The first-order chi connectivity index (χ1) is 9.06. The molecule has 1 aromatic rings. The van der Waals surface area contributed by atoms with Crippen molar-refractivity contribution in [2.45, 2.75) is 19.8 Å². The summed E-state index contributed by atoms with van der Waals surface area (Å²) in [5.41, 5.74) is 0.640. The number of methoxy groups -OCH3 is 1. The number of benzene rings is 1. The Labute approximate surface area is 120 Å². The van der Waals surface area contributed by atoms with Crippen LogP contribution in [-0.2, 0) is 14.3 Å². The van der Waals surface area contributed by atoms with E-state index in [2.05, 4.69) is 21.2 Å². The highest BCUT2D eigenvalue weighted by Crippen LogP contribution is 2.27. The zero-order valence-electron chi connectivity index (χ0n) is 10.9. The van der Waals surface area contributed by atoms with E-state index in [0.717, 1.165) is 4.47 Å². The molecule has 0 radical (unpaired) electrons. The van der Waals surface area contributed by atoms with Crippen molar-refractivity contribution in [3.8, 4) is 5.75 Å². The zero-order valence-corrected chi connectivity index (χ0v) is 12.5. The van der Waals surface area contributed by atoms with Crippen LogP contribution in [0.4, 0.5) is 5.69 Å². The van der Waals surface area contributed by atoms with Crippen LogP contribution >= 0.6 is 15.9 Å². The second kappa shape index (κ2) is 7.78. The van der Waals surface area contributed by atoms with E-state index in [1.54, 1.807) is 32.2 Å². The molecule has 0 aliphatic rings. The molecule has 0 unspecified atom stereocenters. The van der Waals surface area contributed by atoms with Gasteiger partial charge >= 0.3 is 5.97 Å². The summed E-state index contributed by atoms with van der Waals surface area (Å²) in [4.78, 5) is 22.7. The van der Waals surface area contributed by atoms with Gasteiger partial charge in [0.15, 0.2) is 0 Å². The molecule has 1 aromatic carbocycles. The van der Waals surface area contributed by atoms with Crippen LogP contribution in [0.15, 0.2) is 22.7 Å². The molecule has 0 aromatic heterocycles. The van der Waals surface area contributed by atoms with Gasteiger partial charge in [-0.25, -0.2) is 0 Å². The molecular weight excluding hydrogens is 314 g/mol. The van der Waals surface area contributed by atoms with Gasteiger partial charge in [-0.2, -0.15) is 0 Å². The van der Waals surface area contributed by atoms with E-state index in [0.29, 0.717) is 18.0 Å². The quantitative estimate of drug-likeness (QED) is 0.815. The fourth-order valence-electron chi connectivity index (χ4n) is 1.42. The van der Waals surface area contributed by atoms with Gasteiger partial charge in [0.1, 0.15) is 5.75 Å². The summed E-state index contributed by atoms with van der Waals surface area (Å²) in [6.07, 6.45) is 0.180. The van der Waals surface area contributed by atoms with Gasteiger partial charge in [-0.05, 0) is 41.1 Å². The van der Waals surface area contributed by atoms with Gasteiger partial charge in [-0.1, -0.05) is 0 Å². The molecule has 0 fully saturated rings. The number of carbonyl (C=O) groups excluding carboxylic acids is 2. The number of hydrogen-bond acceptors (Lipinski definition) is 4. The molecule has 0 heterocycles. The fraction of sp³-hybridized carbons (Fsp3) is 0.385. The number of rotatable bonds is 6.